The third-order valence-corrected chi connectivity index (χ3v) is 5.01. The highest BCUT2D eigenvalue weighted by molar-refractivity contribution is 5.87. The van der Waals surface area contributed by atoms with Gasteiger partial charge in [0.1, 0.15) is 11.4 Å². The minimum absolute atomic E-state index is 0.00745. The fourth-order valence-electron chi connectivity index (χ4n) is 3.59. The Hall–Kier alpha value is -3.64. The van der Waals surface area contributed by atoms with Crippen LogP contribution in [0, 0.1) is 6.08 Å². The van der Waals surface area contributed by atoms with Gasteiger partial charge >= 0.3 is 12.1 Å². The molecule has 0 bridgehead atoms. The fraction of sp³-hybridized carbons (Fsp3) is 0.478. The van der Waals surface area contributed by atoms with E-state index < -0.39 is 65.9 Å². The molecule has 0 saturated heterocycles. The minimum atomic E-state index is -1.46. The van der Waals surface area contributed by atoms with Crippen LogP contribution in [-0.2, 0) is 22.6 Å². The molecule has 0 aliphatic carbocycles. The number of rotatable bonds is 8. The van der Waals surface area contributed by atoms with Gasteiger partial charge in [-0.1, -0.05) is 0 Å². The first kappa shape index (κ1) is 28.6. The van der Waals surface area contributed by atoms with Crippen molar-refractivity contribution in [2.75, 3.05) is 6.54 Å². The summed E-state index contributed by atoms with van der Waals surface area (Å²) in [4.78, 5) is 41.4. The lowest BCUT2D eigenvalue weighted by Crippen LogP contribution is -2.45. The normalized spacial score (nSPS) is 15.9. The molecule has 1 aromatic rings. The highest BCUT2D eigenvalue weighted by Crippen LogP contribution is 2.23. The molecule has 13 heteroatoms. The third-order valence-electron chi connectivity index (χ3n) is 5.01. The second-order valence-electron chi connectivity index (χ2n) is 9.10. The van der Waals surface area contributed by atoms with E-state index in [0.717, 1.165) is 17.6 Å². The zero-order valence-corrected chi connectivity index (χ0v) is 20.3. The van der Waals surface area contributed by atoms with Gasteiger partial charge in [-0.3, -0.25) is 4.79 Å². The molecule has 0 fully saturated rings. The number of carbonyl (C=O) groups excluding carboxylic acids is 2. The van der Waals surface area contributed by atoms with Crippen molar-refractivity contribution in [2.24, 2.45) is 0 Å². The van der Waals surface area contributed by atoms with Crippen LogP contribution in [0.3, 0.4) is 0 Å². The summed E-state index contributed by atoms with van der Waals surface area (Å²) in [6, 6.07) is -1.11. The van der Waals surface area contributed by atoms with Crippen LogP contribution in [0.15, 0.2) is 35.7 Å². The Morgan fingerprint density at radius 2 is 1.89 bits per heavy atom. The average molecular weight is 516 g/mol. The van der Waals surface area contributed by atoms with Crippen LogP contribution in [-0.4, -0.2) is 55.7 Å². The molecule has 0 spiro atoms. The number of carboxylic acid groups (broad SMARTS) is 1. The van der Waals surface area contributed by atoms with Gasteiger partial charge in [-0.05, 0) is 45.8 Å². The van der Waals surface area contributed by atoms with Gasteiger partial charge in [-0.2, -0.15) is 9.37 Å². The second-order valence-corrected chi connectivity index (χ2v) is 9.10. The molecule has 1 unspecified atom stereocenters. The Bertz CT molecular complexity index is 1100. The largest absolute Gasteiger partial charge is 0.476 e. The van der Waals surface area contributed by atoms with Crippen LogP contribution >= 0.6 is 0 Å². The minimum Gasteiger partial charge on any atom is -0.476 e. The molecule has 2 heterocycles. The topological polar surface area (TPSA) is 114 Å². The summed E-state index contributed by atoms with van der Waals surface area (Å²) in [5, 5.41) is 11.7. The summed E-state index contributed by atoms with van der Waals surface area (Å²) in [5.74, 6) is -3.94. The van der Waals surface area contributed by atoms with E-state index in [2.05, 4.69) is 10.3 Å². The molecule has 2 amide bonds. The van der Waals surface area contributed by atoms with Crippen molar-refractivity contribution >= 4 is 18.0 Å². The number of halogens is 4. The number of carbonyl (C=O) groups is 3. The van der Waals surface area contributed by atoms with Gasteiger partial charge in [-0.25, -0.2) is 22.8 Å². The van der Waals surface area contributed by atoms with Gasteiger partial charge in [0.25, 0.3) is 6.08 Å². The number of nitrogens with zero attached hydrogens (tertiary/aromatic N) is 3. The van der Waals surface area contributed by atoms with Crippen molar-refractivity contribution in [2.45, 2.75) is 65.3 Å². The number of hydrogen-bond acceptors (Lipinski definition) is 5. The molecule has 1 aromatic heterocycles. The summed E-state index contributed by atoms with van der Waals surface area (Å²) < 4.78 is 60.7. The number of alkyl carbamates (subject to hydrolysis) is 1. The number of allylic oxidation sites excluding steroid dienone is 4. The molecular formula is C23H28F4N4O5. The first-order valence-electron chi connectivity index (χ1n) is 11.0. The van der Waals surface area contributed by atoms with Crippen LogP contribution in [0.4, 0.5) is 22.4 Å². The van der Waals surface area contributed by atoms with Crippen molar-refractivity contribution in [1.29, 1.82) is 0 Å². The maximum absolute atomic E-state index is 14.4. The SMILES string of the molecule is C\C(F)=C/C(CC(CC(=O)N1CCn2c(F)nc(C(=O)O)c2C1)NC(=O)OC(C)(C)C)=C(F)\C=C\F. The number of hydrogen-bond donors (Lipinski definition) is 2. The van der Waals surface area contributed by atoms with E-state index in [4.69, 9.17) is 4.74 Å². The molecule has 0 aromatic carbocycles. The van der Waals surface area contributed by atoms with Gasteiger partial charge in [0.15, 0.2) is 5.69 Å². The molecule has 1 atom stereocenters. The Morgan fingerprint density at radius 1 is 1.22 bits per heavy atom. The van der Waals surface area contributed by atoms with E-state index in [1.807, 2.05) is 0 Å². The second kappa shape index (κ2) is 11.9. The van der Waals surface area contributed by atoms with E-state index in [1.165, 1.54) is 4.90 Å². The van der Waals surface area contributed by atoms with E-state index in [9.17, 15) is 37.1 Å². The van der Waals surface area contributed by atoms with Gasteiger partial charge in [0.05, 0.1) is 24.4 Å². The maximum Gasteiger partial charge on any atom is 0.407 e. The smallest absolute Gasteiger partial charge is 0.407 e. The molecule has 0 saturated carbocycles. The molecule has 2 rings (SSSR count). The third kappa shape index (κ3) is 7.95. The number of ether oxygens (including phenoxy) is 1. The number of fused-ring (bicyclic) bond motifs is 1. The summed E-state index contributed by atoms with van der Waals surface area (Å²) >= 11 is 0. The van der Waals surface area contributed by atoms with Crippen molar-refractivity contribution < 1.29 is 41.8 Å². The zero-order chi connectivity index (χ0) is 27.2. The number of carboxylic acids is 1. The lowest BCUT2D eigenvalue weighted by molar-refractivity contribution is -0.133. The van der Waals surface area contributed by atoms with Crippen molar-refractivity contribution in [3.63, 3.8) is 0 Å². The van der Waals surface area contributed by atoms with Crippen molar-refractivity contribution in [3.05, 3.63) is 53.2 Å². The van der Waals surface area contributed by atoms with Crippen LogP contribution < -0.4 is 5.32 Å². The lowest BCUT2D eigenvalue weighted by atomic mass is 10.0. The molecule has 198 valence electrons. The summed E-state index contributed by atoms with van der Waals surface area (Å²) in [7, 11) is 0. The van der Waals surface area contributed by atoms with Crippen LogP contribution in [0.2, 0.25) is 0 Å². The van der Waals surface area contributed by atoms with Gasteiger partial charge in [0, 0.05) is 31.6 Å². The molecule has 9 nitrogen and oxygen atoms in total. The summed E-state index contributed by atoms with van der Waals surface area (Å²) in [6.45, 7) is 5.56. The molecule has 36 heavy (non-hydrogen) atoms. The maximum atomic E-state index is 14.4. The Labute approximate surface area is 205 Å². The average Bonchev–Trinajstić information content (AvgIpc) is 3.08. The van der Waals surface area contributed by atoms with Crippen LogP contribution in [0.5, 0.6) is 0 Å². The zero-order valence-electron chi connectivity index (χ0n) is 20.3. The molecule has 1 aliphatic rings. The van der Waals surface area contributed by atoms with Crippen LogP contribution in [0.25, 0.3) is 0 Å². The number of nitrogens with one attached hydrogen (secondary N) is 1. The predicted molar refractivity (Wildman–Crippen MR) is 120 cm³/mol. The molecule has 2 N–H and O–H groups in total. The Kier molecular flexibility index (Phi) is 9.42. The van der Waals surface area contributed by atoms with E-state index in [0.29, 0.717) is 6.08 Å². The number of amides is 2. The Balaban J connectivity index is 2.30. The number of imidazole rings is 1. The first-order chi connectivity index (χ1) is 16.7. The molecular weight excluding hydrogens is 488 g/mol. The quantitative estimate of drug-likeness (QED) is 0.393. The van der Waals surface area contributed by atoms with Crippen molar-refractivity contribution in [1.82, 2.24) is 19.8 Å². The standard InChI is InChI=1S/C23H28F4N4O5/c1-13(25)9-14(16(26)5-6-24)10-15(28-22(35)36-23(2,3)4)11-18(32)30-7-8-31-17(12-30)19(20(33)34)29-21(31)27/h5-6,9,15H,7-8,10-12H2,1-4H3,(H,28,35)(H,33,34)/b6-5+,13-9+,16-14-. The number of aromatic carboxylic acids is 1. The lowest BCUT2D eigenvalue weighted by Gasteiger charge is -2.30. The first-order valence-corrected chi connectivity index (χ1v) is 11.0. The van der Waals surface area contributed by atoms with E-state index >= 15 is 0 Å². The molecule has 1 aliphatic heterocycles. The highest BCUT2D eigenvalue weighted by Gasteiger charge is 2.31. The summed E-state index contributed by atoms with van der Waals surface area (Å²) in [6.07, 6.45) is -1.53. The highest BCUT2D eigenvalue weighted by atomic mass is 19.1. The van der Waals surface area contributed by atoms with E-state index in [1.54, 1.807) is 20.8 Å². The van der Waals surface area contributed by atoms with Crippen molar-refractivity contribution in [3.8, 4) is 0 Å². The van der Waals surface area contributed by atoms with Crippen LogP contribution in [0.1, 0.15) is 56.7 Å². The predicted octanol–water partition coefficient (Wildman–Crippen LogP) is 4.32. The van der Waals surface area contributed by atoms with Gasteiger partial charge in [0.2, 0.25) is 5.91 Å². The fourth-order valence-corrected chi connectivity index (χ4v) is 3.59. The Morgan fingerprint density at radius 3 is 2.44 bits per heavy atom. The van der Waals surface area contributed by atoms with Gasteiger partial charge < -0.3 is 24.6 Å². The molecule has 0 radical (unpaired) electrons. The van der Waals surface area contributed by atoms with E-state index in [-0.39, 0.29) is 37.2 Å². The number of aromatic nitrogens is 2. The monoisotopic (exact) mass is 516 g/mol. The van der Waals surface area contributed by atoms with Gasteiger partial charge in [-0.15, -0.1) is 0 Å². The summed E-state index contributed by atoms with van der Waals surface area (Å²) in [5.41, 5.74) is -1.74.